The third-order valence-electron chi connectivity index (χ3n) is 7.60. The van der Waals surface area contributed by atoms with Crippen LogP contribution >= 0.6 is 21.0 Å². The maximum absolute atomic E-state index is 5.00. The summed E-state index contributed by atoms with van der Waals surface area (Å²) in [5.74, 6) is 3.04. The van der Waals surface area contributed by atoms with Crippen LogP contribution in [0.15, 0.2) is 84.7 Å². The smallest absolute Gasteiger partial charge is 0.178 e. The van der Waals surface area contributed by atoms with Gasteiger partial charge < -0.3 is 12.9 Å². The van der Waals surface area contributed by atoms with Crippen molar-refractivity contribution in [3.63, 3.8) is 0 Å². The molecule has 0 radical (unpaired) electrons. The van der Waals surface area contributed by atoms with E-state index in [2.05, 4.69) is 102 Å². The number of hydrogen-bond acceptors (Lipinski definition) is 5. The van der Waals surface area contributed by atoms with Crippen LogP contribution in [0.3, 0.4) is 0 Å². The third-order valence-corrected chi connectivity index (χ3v) is 11.6. The molecule has 1 aromatic heterocycles. The second kappa shape index (κ2) is 9.80. The Morgan fingerprint density at radius 3 is 2.05 bits per heavy atom. The molecule has 38 heavy (non-hydrogen) atoms. The number of para-hydroxylation sites is 2. The molecule has 6 heteroatoms. The molecular formula is C32H34IN5. The molecule has 0 amide bonds. The maximum atomic E-state index is 5.00. The second-order valence-corrected chi connectivity index (χ2v) is 13.0. The Hall–Kier alpha value is -3.26. The summed E-state index contributed by atoms with van der Waals surface area (Å²) in [5.41, 5.74) is 4.72. The van der Waals surface area contributed by atoms with Gasteiger partial charge in [0.05, 0.1) is 16.7 Å². The summed E-state index contributed by atoms with van der Waals surface area (Å²) in [5, 5.41) is 2.70. The van der Waals surface area contributed by atoms with Crippen molar-refractivity contribution in [1.29, 1.82) is 0 Å². The fraction of sp³-hybridized carbons (Fsp3) is 0.281. The van der Waals surface area contributed by atoms with Gasteiger partial charge in [-0.25, -0.2) is 9.97 Å². The van der Waals surface area contributed by atoms with Crippen molar-refractivity contribution in [3.8, 4) is 0 Å². The number of halogens is 1. The van der Waals surface area contributed by atoms with Gasteiger partial charge in [-0.3, -0.25) is 0 Å². The van der Waals surface area contributed by atoms with Crippen LogP contribution in [0.2, 0.25) is 0 Å². The predicted octanol–water partition coefficient (Wildman–Crippen LogP) is 7.72. The van der Waals surface area contributed by atoms with Gasteiger partial charge in [0.25, 0.3) is 0 Å². The molecule has 0 fully saturated rings. The molecule has 3 heterocycles. The molecule has 2 aliphatic rings. The van der Waals surface area contributed by atoms with Crippen LogP contribution in [-0.4, -0.2) is 33.1 Å². The van der Waals surface area contributed by atoms with Crippen molar-refractivity contribution < 1.29 is 0 Å². The SMILES string of the molecule is CCN1I=C(C=CC=C2N(CC)c3nc4ccccc4nc3N2CC)C(C)(C)c2ccc3ccccc3c21. The molecule has 0 saturated heterocycles. The number of hydrogen-bond donors (Lipinski definition) is 0. The summed E-state index contributed by atoms with van der Waals surface area (Å²) < 4.78 is 4.16. The van der Waals surface area contributed by atoms with E-state index in [1.807, 2.05) is 24.3 Å². The third kappa shape index (κ3) is 3.92. The molecule has 0 saturated carbocycles. The number of aromatic nitrogens is 2. The summed E-state index contributed by atoms with van der Waals surface area (Å²) in [6, 6.07) is 21.6. The van der Waals surface area contributed by atoms with Crippen molar-refractivity contribution in [3.05, 3.63) is 90.3 Å². The highest BCUT2D eigenvalue weighted by molar-refractivity contribution is 14.2. The molecular weight excluding hydrogens is 581 g/mol. The molecule has 3 aromatic carbocycles. The van der Waals surface area contributed by atoms with Gasteiger partial charge in [-0.05, 0) is 49.9 Å². The fourth-order valence-corrected chi connectivity index (χ4v) is 8.58. The highest BCUT2D eigenvalue weighted by Crippen LogP contribution is 2.47. The van der Waals surface area contributed by atoms with E-state index in [9.17, 15) is 0 Å². The standard InChI is InChI=1S/C32H34IN5/c1-6-36-28(37(7-2)31-30(36)34-25-16-11-12-17-26(25)35-31)19-13-18-27-32(4,5)24-21-20-22-14-9-10-15-23(22)29(24)38(8-3)33-27/h9-21H,6-8H2,1-5H3. The Balaban J connectivity index is 1.39. The van der Waals surface area contributed by atoms with Crippen molar-refractivity contribution in [2.45, 2.75) is 40.0 Å². The zero-order valence-corrected chi connectivity index (χ0v) is 24.9. The lowest BCUT2D eigenvalue weighted by Crippen LogP contribution is -2.34. The van der Waals surface area contributed by atoms with Crippen LogP contribution in [0.25, 0.3) is 21.8 Å². The van der Waals surface area contributed by atoms with E-state index in [0.29, 0.717) is 0 Å². The minimum Gasteiger partial charge on any atom is -0.319 e. The summed E-state index contributed by atoms with van der Waals surface area (Å²) in [6.07, 6.45) is 6.88. The number of allylic oxidation sites excluding steroid dienone is 3. The molecule has 0 spiro atoms. The van der Waals surface area contributed by atoms with Crippen LogP contribution < -0.4 is 12.9 Å². The van der Waals surface area contributed by atoms with Crippen LogP contribution in [-0.2, 0) is 5.41 Å². The van der Waals surface area contributed by atoms with Crippen molar-refractivity contribution in [1.82, 2.24) is 9.97 Å². The van der Waals surface area contributed by atoms with Gasteiger partial charge in [0, 0.05) is 54.9 Å². The molecule has 194 valence electrons. The molecule has 0 aliphatic carbocycles. The van der Waals surface area contributed by atoms with Gasteiger partial charge in [0.2, 0.25) is 0 Å². The maximum Gasteiger partial charge on any atom is 0.178 e. The largest absolute Gasteiger partial charge is 0.319 e. The highest BCUT2D eigenvalue weighted by Gasteiger charge is 2.35. The zero-order valence-electron chi connectivity index (χ0n) is 22.7. The van der Waals surface area contributed by atoms with Gasteiger partial charge in [-0.1, -0.05) is 74.5 Å². The number of anilines is 3. The van der Waals surface area contributed by atoms with Crippen molar-refractivity contribution in [2.24, 2.45) is 0 Å². The van der Waals surface area contributed by atoms with E-state index in [1.54, 1.807) is 0 Å². The Labute approximate surface area is 235 Å². The zero-order chi connectivity index (χ0) is 26.4. The lowest BCUT2D eigenvalue weighted by molar-refractivity contribution is 0.732. The summed E-state index contributed by atoms with van der Waals surface area (Å²) in [6.45, 7) is 14.1. The first kappa shape index (κ1) is 25.0. The Morgan fingerprint density at radius 1 is 0.789 bits per heavy atom. The minimum atomic E-state index is -0.314. The fourth-order valence-electron chi connectivity index (χ4n) is 5.59. The first-order valence-electron chi connectivity index (χ1n) is 13.5. The normalized spacial score (nSPS) is 16.6. The Kier molecular flexibility index (Phi) is 6.46. The van der Waals surface area contributed by atoms with Crippen molar-refractivity contribution >= 4 is 63.6 Å². The summed E-state index contributed by atoms with van der Waals surface area (Å²) in [7, 11) is 0. The van der Waals surface area contributed by atoms with E-state index in [1.165, 1.54) is 25.5 Å². The van der Waals surface area contributed by atoms with Gasteiger partial charge in [-0.2, -0.15) is 0 Å². The molecule has 0 unspecified atom stereocenters. The van der Waals surface area contributed by atoms with Gasteiger partial charge in [-0.15, -0.1) is 0 Å². The van der Waals surface area contributed by atoms with E-state index in [0.717, 1.165) is 48.1 Å². The highest BCUT2D eigenvalue weighted by atomic mass is 127. The molecule has 0 N–H and O–H groups in total. The van der Waals surface area contributed by atoms with Crippen LogP contribution in [0.1, 0.15) is 40.2 Å². The number of rotatable bonds is 5. The van der Waals surface area contributed by atoms with Gasteiger partial charge in [0.15, 0.2) is 11.6 Å². The molecule has 6 rings (SSSR count). The average molecular weight is 616 g/mol. The second-order valence-electron chi connectivity index (χ2n) is 10.2. The molecule has 5 nitrogen and oxygen atoms in total. The minimum absolute atomic E-state index is 0.0122. The van der Waals surface area contributed by atoms with E-state index < -0.39 is 0 Å². The van der Waals surface area contributed by atoms with E-state index in [-0.39, 0.29) is 26.4 Å². The number of benzene rings is 3. The van der Waals surface area contributed by atoms with Crippen LogP contribution in [0, 0.1) is 0 Å². The van der Waals surface area contributed by atoms with Crippen LogP contribution in [0.4, 0.5) is 17.3 Å². The Morgan fingerprint density at radius 2 is 1.42 bits per heavy atom. The lowest BCUT2D eigenvalue weighted by Gasteiger charge is -2.38. The molecule has 0 atom stereocenters. The number of fused-ring (bicyclic) bond motifs is 5. The molecule has 4 aromatic rings. The number of nitrogens with zero attached hydrogens (tertiary/aromatic N) is 5. The molecule has 2 aliphatic heterocycles. The monoisotopic (exact) mass is 615 g/mol. The predicted molar refractivity (Wildman–Crippen MR) is 172 cm³/mol. The van der Waals surface area contributed by atoms with Crippen molar-refractivity contribution in [2.75, 3.05) is 32.5 Å². The first-order chi connectivity index (χ1) is 18.5. The first-order valence-corrected chi connectivity index (χ1v) is 15.5. The van der Waals surface area contributed by atoms with Gasteiger partial charge >= 0.3 is 0 Å². The van der Waals surface area contributed by atoms with E-state index >= 15 is 0 Å². The quantitative estimate of drug-likeness (QED) is 0.170. The summed E-state index contributed by atoms with van der Waals surface area (Å²) >= 11 is -0.314. The topological polar surface area (TPSA) is 35.5 Å². The average Bonchev–Trinajstić information content (AvgIpc) is 3.23. The lowest BCUT2D eigenvalue weighted by atomic mass is 9.79. The Bertz CT molecular complexity index is 1580. The van der Waals surface area contributed by atoms with Gasteiger partial charge in [0.1, 0.15) is 5.82 Å². The van der Waals surface area contributed by atoms with Crippen LogP contribution in [0.5, 0.6) is 0 Å². The molecule has 0 bridgehead atoms. The summed E-state index contributed by atoms with van der Waals surface area (Å²) in [4.78, 5) is 14.6. The van der Waals surface area contributed by atoms with E-state index in [4.69, 9.17) is 9.97 Å².